The highest BCUT2D eigenvalue weighted by molar-refractivity contribution is 6.30. The molecule has 0 saturated carbocycles. The minimum atomic E-state index is -0.333. The minimum absolute atomic E-state index is 0.108. The first-order valence-corrected chi connectivity index (χ1v) is 8.42. The van der Waals surface area contributed by atoms with Gasteiger partial charge in [0.05, 0.1) is 18.1 Å². The fourth-order valence-corrected chi connectivity index (χ4v) is 2.96. The molecule has 0 amide bonds. The Morgan fingerprint density at radius 1 is 1.24 bits per heavy atom. The van der Waals surface area contributed by atoms with Gasteiger partial charge in [-0.2, -0.15) is 0 Å². The fourth-order valence-electron chi connectivity index (χ4n) is 2.76. The second kappa shape index (κ2) is 7.57. The van der Waals surface area contributed by atoms with Gasteiger partial charge in [-0.25, -0.2) is 4.98 Å². The van der Waals surface area contributed by atoms with Crippen molar-refractivity contribution in [2.75, 3.05) is 7.11 Å². The number of carbonyl (C=O) groups excluding carboxylic acids is 1. The van der Waals surface area contributed by atoms with E-state index in [0.717, 1.165) is 28.8 Å². The maximum atomic E-state index is 12.3. The fraction of sp³-hybridized carbons (Fsp3) is 0.263. The van der Waals surface area contributed by atoms with Gasteiger partial charge < -0.3 is 14.0 Å². The highest BCUT2D eigenvalue weighted by atomic mass is 35.5. The van der Waals surface area contributed by atoms with E-state index in [2.05, 4.69) is 4.98 Å². The summed E-state index contributed by atoms with van der Waals surface area (Å²) >= 11 is 6.00. The van der Waals surface area contributed by atoms with Crippen LogP contribution in [0.1, 0.15) is 18.3 Å². The summed E-state index contributed by atoms with van der Waals surface area (Å²) in [4.78, 5) is 16.9. The van der Waals surface area contributed by atoms with E-state index in [1.165, 1.54) is 0 Å². The third-order valence-electron chi connectivity index (χ3n) is 3.97. The van der Waals surface area contributed by atoms with Crippen LogP contribution in [0.5, 0.6) is 5.75 Å². The van der Waals surface area contributed by atoms with Crippen molar-refractivity contribution >= 4 is 28.6 Å². The molecule has 0 fully saturated rings. The molecule has 1 heterocycles. The van der Waals surface area contributed by atoms with Crippen LogP contribution in [0.25, 0.3) is 11.0 Å². The van der Waals surface area contributed by atoms with Crippen molar-refractivity contribution in [2.24, 2.45) is 0 Å². The Balaban J connectivity index is 1.74. The number of rotatable bonds is 6. The molecular formula is C19H19ClN2O3. The van der Waals surface area contributed by atoms with Crippen molar-refractivity contribution in [3.8, 4) is 5.75 Å². The summed E-state index contributed by atoms with van der Waals surface area (Å²) in [7, 11) is 1.57. The average molecular weight is 359 g/mol. The van der Waals surface area contributed by atoms with Crippen LogP contribution in [0.2, 0.25) is 5.02 Å². The number of benzene rings is 2. The maximum Gasteiger partial charge on any atom is 0.326 e. The molecule has 0 spiro atoms. The summed E-state index contributed by atoms with van der Waals surface area (Å²) in [6, 6.07) is 13.0. The smallest absolute Gasteiger partial charge is 0.326 e. The summed E-state index contributed by atoms with van der Waals surface area (Å²) in [6.45, 7) is 2.24. The molecule has 0 unspecified atom stereocenters. The number of aromatic nitrogens is 2. The third-order valence-corrected chi connectivity index (χ3v) is 4.20. The van der Waals surface area contributed by atoms with E-state index in [0.29, 0.717) is 10.8 Å². The number of nitrogens with zero attached hydrogens (tertiary/aromatic N) is 2. The van der Waals surface area contributed by atoms with Crippen LogP contribution in [0.3, 0.4) is 0 Å². The van der Waals surface area contributed by atoms with E-state index < -0.39 is 0 Å². The van der Waals surface area contributed by atoms with E-state index in [-0.39, 0.29) is 19.1 Å². The van der Waals surface area contributed by atoms with Crippen molar-refractivity contribution < 1.29 is 14.3 Å². The van der Waals surface area contributed by atoms with Gasteiger partial charge in [0.1, 0.15) is 24.7 Å². The summed E-state index contributed by atoms with van der Waals surface area (Å²) in [6.07, 6.45) is 0.740. The highest BCUT2D eigenvalue weighted by Gasteiger charge is 2.14. The molecule has 25 heavy (non-hydrogen) atoms. The Bertz CT molecular complexity index is 905. The normalized spacial score (nSPS) is 10.8. The van der Waals surface area contributed by atoms with E-state index >= 15 is 0 Å². The quantitative estimate of drug-likeness (QED) is 0.625. The molecule has 0 atom stereocenters. The molecule has 6 heteroatoms. The molecule has 1 aromatic heterocycles. The molecule has 0 aliphatic rings. The molecule has 0 N–H and O–H groups in total. The van der Waals surface area contributed by atoms with Gasteiger partial charge in [-0.15, -0.1) is 0 Å². The number of aryl methyl sites for hydroxylation is 1. The van der Waals surface area contributed by atoms with Crippen LogP contribution in [-0.4, -0.2) is 22.6 Å². The van der Waals surface area contributed by atoms with Crippen molar-refractivity contribution in [3.05, 3.63) is 58.9 Å². The average Bonchev–Trinajstić information content (AvgIpc) is 2.98. The van der Waals surface area contributed by atoms with Gasteiger partial charge >= 0.3 is 5.97 Å². The monoisotopic (exact) mass is 358 g/mol. The lowest BCUT2D eigenvalue weighted by Gasteiger charge is -2.11. The zero-order valence-corrected chi connectivity index (χ0v) is 14.9. The van der Waals surface area contributed by atoms with Gasteiger partial charge in [0.25, 0.3) is 0 Å². The van der Waals surface area contributed by atoms with Crippen LogP contribution < -0.4 is 4.74 Å². The summed E-state index contributed by atoms with van der Waals surface area (Å²) in [5, 5.41) is 0.570. The molecule has 0 saturated heterocycles. The summed E-state index contributed by atoms with van der Waals surface area (Å²) in [5.74, 6) is 1.16. The predicted octanol–water partition coefficient (Wildman–Crippen LogP) is 4.00. The molecule has 0 radical (unpaired) electrons. The molecule has 0 bridgehead atoms. The number of hydrogen-bond donors (Lipinski definition) is 0. The van der Waals surface area contributed by atoms with Crippen LogP contribution in [0.4, 0.5) is 0 Å². The summed E-state index contributed by atoms with van der Waals surface area (Å²) < 4.78 is 12.6. The van der Waals surface area contributed by atoms with Crippen LogP contribution >= 0.6 is 11.6 Å². The number of fused-ring (bicyclic) bond motifs is 1. The third kappa shape index (κ3) is 3.77. The van der Waals surface area contributed by atoms with Gasteiger partial charge in [-0.05, 0) is 30.3 Å². The number of carbonyl (C=O) groups is 1. The zero-order chi connectivity index (χ0) is 17.8. The van der Waals surface area contributed by atoms with Gasteiger partial charge in [-0.3, -0.25) is 4.79 Å². The van der Waals surface area contributed by atoms with Crippen LogP contribution in [0, 0.1) is 0 Å². The van der Waals surface area contributed by atoms with E-state index in [1.54, 1.807) is 25.3 Å². The largest absolute Gasteiger partial charge is 0.496 e. The second-order valence-electron chi connectivity index (χ2n) is 5.57. The predicted molar refractivity (Wildman–Crippen MR) is 96.9 cm³/mol. The molecular weight excluding hydrogens is 340 g/mol. The number of para-hydroxylation sites is 2. The van der Waals surface area contributed by atoms with E-state index in [4.69, 9.17) is 21.1 Å². The number of imidazole rings is 1. The van der Waals surface area contributed by atoms with Crippen LogP contribution in [0.15, 0.2) is 42.5 Å². The molecule has 3 rings (SSSR count). The van der Waals surface area contributed by atoms with E-state index in [9.17, 15) is 4.79 Å². The SMILES string of the molecule is CCc1nc2ccccc2n1CC(=O)OCc1cc(Cl)ccc1OC. The number of methoxy groups -OCH3 is 1. The number of halogens is 1. The lowest BCUT2D eigenvalue weighted by molar-refractivity contribution is -0.145. The van der Waals surface area contributed by atoms with Crippen molar-refractivity contribution in [1.82, 2.24) is 9.55 Å². The molecule has 2 aromatic carbocycles. The lowest BCUT2D eigenvalue weighted by atomic mass is 10.2. The number of esters is 1. The first kappa shape index (κ1) is 17.3. The van der Waals surface area contributed by atoms with Gasteiger partial charge in [-0.1, -0.05) is 30.7 Å². The zero-order valence-electron chi connectivity index (χ0n) is 14.2. The molecule has 5 nitrogen and oxygen atoms in total. The first-order valence-electron chi connectivity index (χ1n) is 8.04. The van der Waals surface area contributed by atoms with Gasteiger partial charge in [0.15, 0.2) is 0 Å². The molecule has 0 aliphatic carbocycles. The van der Waals surface area contributed by atoms with Gasteiger partial charge in [0, 0.05) is 17.0 Å². The topological polar surface area (TPSA) is 53.4 Å². The van der Waals surface area contributed by atoms with Crippen molar-refractivity contribution in [3.63, 3.8) is 0 Å². The van der Waals surface area contributed by atoms with E-state index in [1.807, 2.05) is 35.8 Å². The minimum Gasteiger partial charge on any atom is -0.496 e. The number of hydrogen-bond acceptors (Lipinski definition) is 4. The highest BCUT2D eigenvalue weighted by Crippen LogP contribution is 2.23. The lowest BCUT2D eigenvalue weighted by Crippen LogP contribution is -2.15. The molecule has 130 valence electrons. The Labute approximate surface area is 151 Å². The molecule has 0 aliphatic heterocycles. The second-order valence-corrected chi connectivity index (χ2v) is 6.01. The Hall–Kier alpha value is -2.53. The van der Waals surface area contributed by atoms with Crippen LogP contribution in [-0.2, 0) is 29.1 Å². The molecule has 3 aromatic rings. The Morgan fingerprint density at radius 3 is 2.80 bits per heavy atom. The first-order chi connectivity index (χ1) is 12.1. The maximum absolute atomic E-state index is 12.3. The van der Waals surface area contributed by atoms with Gasteiger partial charge in [0.2, 0.25) is 0 Å². The Kier molecular flexibility index (Phi) is 5.24. The number of ether oxygens (including phenoxy) is 2. The Morgan fingerprint density at radius 2 is 2.04 bits per heavy atom. The van der Waals surface area contributed by atoms with Crippen molar-refractivity contribution in [2.45, 2.75) is 26.5 Å². The standard InChI is InChI=1S/C19H19ClN2O3/c1-3-18-21-15-6-4-5-7-16(15)22(18)11-19(23)25-12-13-10-14(20)8-9-17(13)24-2/h4-10H,3,11-12H2,1-2H3. The van der Waals surface area contributed by atoms with Crippen molar-refractivity contribution in [1.29, 1.82) is 0 Å². The summed E-state index contributed by atoms with van der Waals surface area (Å²) in [5.41, 5.74) is 2.54.